The third-order valence-electron chi connectivity index (χ3n) is 5.57. The second kappa shape index (κ2) is 7.80. The fourth-order valence-corrected chi connectivity index (χ4v) is 5.13. The molecule has 2 aromatic heterocycles. The molecule has 3 aromatic rings. The maximum atomic E-state index is 13.0. The number of hydrogen-bond acceptors (Lipinski definition) is 6. The fraction of sp³-hybridized carbons (Fsp3) is 0.455. The van der Waals surface area contributed by atoms with Crippen LogP contribution in [0.15, 0.2) is 44.7 Å². The lowest BCUT2D eigenvalue weighted by atomic mass is 9.94. The van der Waals surface area contributed by atoms with E-state index >= 15 is 0 Å². The van der Waals surface area contributed by atoms with Gasteiger partial charge in [0.1, 0.15) is 5.82 Å². The number of carbonyl (C=O) groups is 1. The highest BCUT2D eigenvalue weighted by molar-refractivity contribution is 7.91. The number of amides is 1. The van der Waals surface area contributed by atoms with Gasteiger partial charge in [0.25, 0.3) is 5.91 Å². The Balaban J connectivity index is 1.77. The minimum atomic E-state index is -3.95. The van der Waals surface area contributed by atoms with Crippen molar-refractivity contribution in [3.63, 3.8) is 0 Å². The van der Waals surface area contributed by atoms with Gasteiger partial charge in [-0.25, -0.2) is 13.4 Å². The molecule has 31 heavy (non-hydrogen) atoms. The predicted octanol–water partition coefficient (Wildman–Crippen LogP) is 3.29. The lowest BCUT2D eigenvalue weighted by molar-refractivity contribution is 0.0611. The lowest BCUT2D eigenvalue weighted by Crippen LogP contribution is -2.25. The molecule has 1 aliphatic rings. The maximum Gasteiger partial charge on any atom is 0.284 e. The van der Waals surface area contributed by atoms with Crippen LogP contribution >= 0.6 is 0 Å². The number of ether oxygens (including phenoxy) is 1. The summed E-state index contributed by atoms with van der Waals surface area (Å²) in [5.41, 5.74) is 6.47. The van der Waals surface area contributed by atoms with Gasteiger partial charge in [0.05, 0.1) is 15.9 Å². The van der Waals surface area contributed by atoms with E-state index in [0.717, 1.165) is 43.9 Å². The highest BCUT2D eigenvalue weighted by atomic mass is 32.2. The van der Waals surface area contributed by atoms with E-state index in [1.165, 1.54) is 12.1 Å². The molecule has 1 amide bonds. The van der Waals surface area contributed by atoms with Gasteiger partial charge >= 0.3 is 0 Å². The zero-order valence-electron chi connectivity index (χ0n) is 17.9. The number of imidazole rings is 1. The Morgan fingerprint density at radius 3 is 2.52 bits per heavy atom. The molecule has 1 fully saturated rings. The largest absolute Gasteiger partial charge is 0.439 e. The number of nitrogens with two attached hydrogens (primary N) is 1. The number of furan rings is 1. The van der Waals surface area contributed by atoms with Gasteiger partial charge in [-0.3, -0.25) is 4.79 Å². The van der Waals surface area contributed by atoms with Crippen LogP contribution in [0.3, 0.4) is 0 Å². The third-order valence-corrected chi connectivity index (χ3v) is 7.20. The molecule has 0 aliphatic carbocycles. The van der Waals surface area contributed by atoms with Crippen LogP contribution in [0.2, 0.25) is 0 Å². The van der Waals surface area contributed by atoms with Gasteiger partial charge in [-0.1, -0.05) is 20.8 Å². The molecule has 166 valence electrons. The van der Waals surface area contributed by atoms with Gasteiger partial charge < -0.3 is 19.5 Å². The number of primary amides is 1. The number of carbonyl (C=O) groups excluding carboxylic acids is 1. The molecule has 0 atom stereocenters. The average Bonchev–Trinajstić information content (AvgIpc) is 3.34. The van der Waals surface area contributed by atoms with E-state index in [2.05, 4.69) is 25.3 Å². The summed E-state index contributed by atoms with van der Waals surface area (Å²) < 4.78 is 38.9. The van der Waals surface area contributed by atoms with E-state index in [1.54, 1.807) is 18.2 Å². The number of benzene rings is 1. The van der Waals surface area contributed by atoms with Gasteiger partial charge in [0.2, 0.25) is 14.9 Å². The summed E-state index contributed by atoms with van der Waals surface area (Å²) in [6, 6.07) is 7.41. The molecule has 8 nitrogen and oxygen atoms in total. The first kappa shape index (κ1) is 21.6. The van der Waals surface area contributed by atoms with E-state index in [4.69, 9.17) is 19.9 Å². The summed E-state index contributed by atoms with van der Waals surface area (Å²) in [7, 11) is -3.95. The summed E-state index contributed by atoms with van der Waals surface area (Å²) in [6.07, 6.45) is 1.99. The van der Waals surface area contributed by atoms with Crippen molar-refractivity contribution >= 4 is 26.8 Å². The highest BCUT2D eigenvalue weighted by Gasteiger charge is 2.28. The van der Waals surface area contributed by atoms with Gasteiger partial charge in [0.15, 0.2) is 5.76 Å². The molecular formula is C22H27N3O5S. The first-order valence-corrected chi connectivity index (χ1v) is 11.8. The molecular weight excluding hydrogens is 418 g/mol. The molecule has 1 aliphatic heterocycles. The monoisotopic (exact) mass is 445 g/mol. The Morgan fingerprint density at radius 2 is 1.90 bits per heavy atom. The predicted molar refractivity (Wildman–Crippen MR) is 115 cm³/mol. The molecule has 0 radical (unpaired) electrons. The molecule has 0 saturated carbocycles. The SMILES string of the molecule is CC(C)(C)c1nc2cc(S(=O)(=O)c3ccc(C(N)=O)o3)ccc2n1CC1CCOCC1. The minimum absolute atomic E-state index is 0.0570. The first-order valence-electron chi connectivity index (χ1n) is 10.3. The molecule has 0 unspecified atom stereocenters. The second-order valence-electron chi connectivity index (χ2n) is 8.99. The van der Waals surface area contributed by atoms with Crippen molar-refractivity contribution in [1.82, 2.24) is 9.55 Å². The van der Waals surface area contributed by atoms with Gasteiger partial charge in [-0.05, 0) is 49.1 Å². The number of nitrogens with zero attached hydrogens (tertiary/aromatic N) is 2. The fourth-order valence-electron chi connectivity index (χ4n) is 3.93. The lowest BCUT2D eigenvalue weighted by Gasteiger charge is -2.26. The van der Waals surface area contributed by atoms with Crippen molar-refractivity contribution in [2.24, 2.45) is 11.7 Å². The van der Waals surface area contributed by atoms with Crippen LogP contribution in [0, 0.1) is 5.92 Å². The molecule has 9 heteroatoms. The Bertz CT molecular complexity index is 1230. The normalized spacial score (nSPS) is 16.1. The zero-order chi connectivity index (χ0) is 22.4. The average molecular weight is 446 g/mol. The van der Waals surface area contributed by atoms with Crippen LogP contribution < -0.4 is 5.73 Å². The van der Waals surface area contributed by atoms with Crippen LogP contribution in [0.25, 0.3) is 11.0 Å². The number of sulfone groups is 1. The first-order chi connectivity index (χ1) is 14.6. The van der Waals surface area contributed by atoms with Gasteiger partial charge in [0, 0.05) is 25.2 Å². The Hall–Kier alpha value is -2.65. The van der Waals surface area contributed by atoms with Crippen molar-refractivity contribution < 1.29 is 22.4 Å². The number of rotatable bonds is 5. The number of fused-ring (bicyclic) bond motifs is 1. The Morgan fingerprint density at radius 1 is 1.19 bits per heavy atom. The van der Waals surface area contributed by atoms with E-state index in [9.17, 15) is 13.2 Å². The van der Waals surface area contributed by atoms with E-state index in [1.807, 2.05) is 0 Å². The molecule has 0 bridgehead atoms. The van der Waals surface area contributed by atoms with Gasteiger partial charge in [-0.15, -0.1) is 0 Å². The number of aromatic nitrogens is 2. The molecule has 4 rings (SSSR count). The Labute approximate surface area is 181 Å². The number of hydrogen-bond donors (Lipinski definition) is 1. The van der Waals surface area contributed by atoms with Crippen molar-refractivity contribution in [2.75, 3.05) is 13.2 Å². The minimum Gasteiger partial charge on any atom is -0.439 e. The zero-order valence-corrected chi connectivity index (χ0v) is 18.7. The standard InChI is InChI=1S/C22H27N3O5S/c1-22(2,3)21-24-16-12-15(31(27,28)19-7-6-18(30-19)20(23)26)4-5-17(16)25(21)13-14-8-10-29-11-9-14/h4-7,12,14H,8-11,13H2,1-3H3,(H2,23,26). The molecule has 2 N–H and O–H groups in total. The second-order valence-corrected chi connectivity index (χ2v) is 10.9. The quantitative estimate of drug-likeness (QED) is 0.644. The summed E-state index contributed by atoms with van der Waals surface area (Å²) >= 11 is 0. The van der Waals surface area contributed by atoms with E-state index in [0.29, 0.717) is 11.4 Å². The molecule has 0 spiro atoms. The molecule has 3 heterocycles. The topological polar surface area (TPSA) is 117 Å². The van der Waals surface area contributed by atoms with E-state index < -0.39 is 15.7 Å². The van der Waals surface area contributed by atoms with Gasteiger partial charge in [-0.2, -0.15) is 0 Å². The van der Waals surface area contributed by atoms with Crippen LogP contribution in [-0.4, -0.2) is 37.1 Å². The molecule has 1 aromatic carbocycles. The summed E-state index contributed by atoms with van der Waals surface area (Å²) in [5, 5.41) is -0.321. The van der Waals surface area contributed by atoms with Crippen molar-refractivity contribution in [2.45, 2.75) is 55.6 Å². The summed E-state index contributed by atoms with van der Waals surface area (Å²) in [6.45, 7) is 8.64. The summed E-state index contributed by atoms with van der Waals surface area (Å²) in [4.78, 5) is 16.1. The highest BCUT2D eigenvalue weighted by Crippen LogP contribution is 2.32. The van der Waals surface area contributed by atoms with Crippen LogP contribution in [0.4, 0.5) is 0 Å². The van der Waals surface area contributed by atoms with Crippen molar-refractivity contribution in [1.29, 1.82) is 0 Å². The molecule has 1 saturated heterocycles. The maximum absolute atomic E-state index is 13.0. The van der Waals surface area contributed by atoms with Crippen LogP contribution in [0.5, 0.6) is 0 Å². The van der Waals surface area contributed by atoms with Crippen LogP contribution in [-0.2, 0) is 26.5 Å². The van der Waals surface area contributed by atoms with Crippen molar-refractivity contribution in [3.05, 3.63) is 41.9 Å². The Kier molecular flexibility index (Phi) is 5.43. The third kappa shape index (κ3) is 4.12. The smallest absolute Gasteiger partial charge is 0.284 e. The van der Waals surface area contributed by atoms with Crippen molar-refractivity contribution in [3.8, 4) is 0 Å². The summed E-state index contributed by atoms with van der Waals surface area (Å²) in [5.74, 6) is 0.387. The van der Waals surface area contributed by atoms with Crippen LogP contribution in [0.1, 0.15) is 50.0 Å². The van der Waals surface area contributed by atoms with E-state index in [-0.39, 0.29) is 21.2 Å².